The summed E-state index contributed by atoms with van der Waals surface area (Å²) in [6, 6.07) is 7.79. The molecule has 1 aromatic heterocycles. The number of thioether (sulfide) groups is 2. The van der Waals surface area contributed by atoms with Crippen molar-refractivity contribution in [2.75, 3.05) is 28.1 Å². The van der Waals surface area contributed by atoms with Gasteiger partial charge < -0.3 is 11.2 Å². The van der Waals surface area contributed by atoms with Gasteiger partial charge in [-0.3, -0.25) is 10.2 Å². The summed E-state index contributed by atoms with van der Waals surface area (Å²) in [5, 5.41) is 10.9. The number of nitrogens with one attached hydrogen (secondary N) is 2. The molecule has 24 heavy (non-hydrogen) atoms. The predicted molar refractivity (Wildman–Crippen MR) is 99.4 cm³/mol. The molecule has 1 aromatic carbocycles. The number of amides is 1. The van der Waals surface area contributed by atoms with Gasteiger partial charge in [0.2, 0.25) is 11.1 Å². The van der Waals surface area contributed by atoms with Crippen molar-refractivity contribution in [3.8, 4) is 0 Å². The Morgan fingerprint density at radius 2 is 2.08 bits per heavy atom. The zero-order valence-electron chi connectivity index (χ0n) is 13.4. The van der Waals surface area contributed by atoms with E-state index in [2.05, 4.69) is 27.9 Å². The predicted octanol–water partition coefficient (Wildman–Crippen LogP) is 1.90. The number of hydrogen-bond acceptors (Lipinski definition) is 8. The van der Waals surface area contributed by atoms with Crippen LogP contribution in [0.25, 0.3) is 0 Å². The summed E-state index contributed by atoms with van der Waals surface area (Å²) < 4.78 is 1.20. The van der Waals surface area contributed by atoms with Crippen LogP contribution in [-0.4, -0.2) is 32.3 Å². The number of carbonyl (C=O) groups is 1. The quantitative estimate of drug-likeness (QED) is 0.229. The first-order chi connectivity index (χ1) is 11.7. The summed E-state index contributed by atoms with van der Waals surface area (Å²) in [6.45, 7) is 2.16. The second-order valence-corrected chi connectivity index (χ2v) is 6.93. The van der Waals surface area contributed by atoms with E-state index in [0.29, 0.717) is 5.16 Å². The minimum absolute atomic E-state index is 0.131. The minimum atomic E-state index is -0.131. The summed E-state index contributed by atoms with van der Waals surface area (Å²) in [5.41, 5.74) is 3.14. The van der Waals surface area contributed by atoms with Gasteiger partial charge in [0.1, 0.15) is 0 Å². The third-order valence-electron chi connectivity index (χ3n) is 3.04. The lowest BCUT2D eigenvalue weighted by Gasteiger charge is -2.10. The van der Waals surface area contributed by atoms with Crippen LogP contribution < -0.4 is 22.4 Å². The topological polar surface area (TPSA) is 124 Å². The molecular formula is C14H21N7OS2. The molecular weight excluding hydrogens is 346 g/mol. The maximum absolute atomic E-state index is 12.2. The van der Waals surface area contributed by atoms with Gasteiger partial charge in [0.25, 0.3) is 5.95 Å². The SMILES string of the molecule is CCCCSc1ccccc1NC(=O)CSc1nnc(NN)n1N. The first-order valence-electron chi connectivity index (χ1n) is 7.47. The van der Waals surface area contributed by atoms with Crippen LogP contribution in [-0.2, 0) is 4.79 Å². The Morgan fingerprint density at radius 1 is 1.29 bits per heavy atom. The number of nitrogens with zero attached hydrogens (tertiary/aromatic N) is 3. The van der Waals surface area contributed by atoms with E-state index in [4.69, 9.17) is 11.7 Å². The zero-order chi connectivity index (χ0) is 17.4. The lowest BCUT2D eigenvalue weighted by Crippen LogP contribution is -2.19. The van der Waals surface area contributed by atoms with Gasteiger partial charge in [-0.25, -0.2) is 10.5 Å². The van der Waals surface area contributed by atoms with Crippen molar-refractivity contribution in [1.29, 1.82) is 0 Å². The summed E-state index contributed by atoms with van der Waals surface area (Å²) in [5.74, 6) is 12.3. The third kappa shape index (κ3) is 5.05. The van der Waals surface area contributed by atoms with Crippen molar-refractivity contribution in [3.05, 3.63) is 24.3 Å². The second-order valence-electron chi connectivity index (χ2n) is 4.86. The average molecular weight is 368 g/mol. The molecule has 2 rings (SSSR count). The van der Waals surface area contributed by atoms with E-state index in [1.807, 2.05) is 24.3 Å². The van der Waals surface area contributed by atoms with Crippen LogP contribution in [0, 0.1) is 0 Å². The molecule has 8 nitrogen and oxygen atoms in total. The molecule has 10 heteroatoms. The van der Waals surface area contributed by atoms with E-state index in [9.17, 15) is 4.79 Å². The molecule has 0 saturated heterocycles. The lowest BCUT2D eigenvalue weighted by molar-refractivity contribution is -0.113. The molecule has 0 atom stereocenters. The van der Waals surface area contributed by atoms with Crippen molar-refractivity contribution in [3.63, 3.8) is 0 Å². The second kappa shape index (κ2) is 9.40. The Bertz CT molecular complexity index is 677. The third-order valence-corrected chi connectivity index (χ3v) is 5.15. The zero-order valence-corrected chi connectivity index (χ0v) is 15.0. The van der Waals surface area contributed by atoms with E-state index in [1.54, 1.807) is 11.8 Å². The van der Waals surface area contributed by atoms with Crippen LogP contribution in [0.4, 0.5) is 11.6 Å². The maximum Gasteiger partial charge on any atom is 0.258 e. The number of benzene rings is 1. The Hall–Kier alpha value is -1.91. The maximum atomic E-state index is 12.2. The van der Waals surface area contributed by atoms with Gasteiger partial charge in [0, 0.05) is 4.90 Å². The fraction of sp³-hybridized carbons (Fsp3) is 0.357. The van der Waals surface area contributed by atoms with Crippen LogP contribution >= 0.6 is 23.5 Å². The number of aromatic nitrogens is 3. The van der Waals surface area contributed by atoms with Gasteiger partial charge >= 0.3 is 0 Å². The van der Waals surface area contributed by atoms with Crippen LogP contribution in [0.5, 0.6) is 0 Å². The number of hydrazine groups is 1. The van der Waals surface area contributed by atoms with Crippen LogP contribution in [0.15, 0.2) is 34.3 Å². The number of carbonyl (C=O) groups excluding carboxylic acids is 1. The highest BCUT2D eigenvalue weighted by Gasteiger charge is 2.12. The van der Waals surface area contributed by atoms with Gasteiger partial charge in [-0.2, -0.15) is 0 Å². The molecule has 0 aliphatic carbocycles. The van der Waals surface area contributed by atoms with Gasteiger partial charge in [0.05, 0.1) is 11.4 Å². The van der Waals surface area contributed by atoms with E-state index in [1.165, 1.54) is 16.4 Å². The summed E-state index contributed by atoms with van der Waals surface area (Å²) in [7, 11) is 0. The molecule has 0 aliphatic heterocycles. The largest absolute Gasteiger partial charge is 0.334 e. The summed E-state index contributed by atoms with van der Waals surface area (Å²) in [6.07, 6.45) is 2.30. The van der Waals surface area contributed by atoms with E-state index >= 15 is 0 Å². The Kier molecular flexibility index (Phi) is 7.22. The molecule has 0 aliphatic rings. The Balaban J connectivity index is 1.91. The molecule has 0 saturated carbocycles. The number of unbranched alkanes of at least 4 members (excludes halogenated alkanes) is 1. The average Bonchev–Trinajstić information content (AvgIpc) is 2.94. The van der Waals surface area contributed by atoms with Gasteiger partial charge in [-0.05, 0) is 24.3 Å². The van der Waals surface area contributed by atoms with Gasteiger partial charge in [-0.1, -0.05) is 37.2 Å². The molecule has 0 unspecified atom stereocenters. The number of para-hydroxylation sites is 1. The normalized spacial score (nSPS) is 10.6. The summed E-state index contributed by atoms with van der Waals surface area (Å²) in [4.78, 5) is 13.2. The van der Waals surface area contributed by atoms with Crippen LogP contribution in [0.1, 0.15) is 19.8 Å². The molecule has 0 fully saturated rings. The molecule has 1 heterocycles. The fourth-order valence-electron chi connectivity index (χ4n) is 1.81. The number of anilines is 2. The summed E-state index contributed by atoms with van der Waals surface area (Å²) >= 11 is 2.93. The number of nitrogens with two attached hydrogens (primary N) is 2. The molecule has 0 bridgehead atoms. The van der Waals surface area contributed by atoms with E-state index in [0.717, 1.165) is 29.2 Å². The number of rotatable bonds is 9. The molecule has 2 aromatic rings. The van der Waals surface area contributed by atoms with Gasteiger partial charge in [0.15, 0.2) is 0 Å². The first kappa shape index (κ1) is 18.4. The highest BCUT2D eigenvalue weighted by atomic mass is 32.2. The monoisotopic (exact) mass is 367 g/mol. The molecule has 6 N–H and O–H groups in total. The lowest BCUT2D eigenvalue weighted by atomic mass is 10.3. The molecule has 0 spiro atoms. The fourth-order valence-corrected chi connectivity index (χ4v) is 3.57. The van der Waals surface area contributed by atoms with Crippen molar-refractivity contribution in [1.82, 2.24) is 14.9 Å². The van der Waals surface area contributed by atoms with Crippen molar-refractivity contribution < 1.29 is 4.79 Å². The molecule has 1 amide bonds. The van der Waals surface area contributed by atoms with Crippen LogP contribution in [0.2, 0.25) is 0 Å². The Labute approximate surface area is 149 Å². The first-order valence-corrected chi connectivity index (χ1v) is 9.44. The Morgan fingerprint density at radius 3 is 2.79 bits per heavy atom. The molecule has 0 radical (unpaired) electrons. The number of nitrogen functional groups attached to an aromatic ring is 2. The highest BCUT2D eigenvalue weighted by molar-refractivity contribution is 8.00. The minimum Gasteiger partial charge on any atom is -0.334 e. The smallest absolute Gasteiger partial charge is 0.258 e. The van der Waals surface area contributed by atoms with Crippen molar-refractivity contribution in [2.24, 2.45) is 5.84 Å². The standard InChI is InChI=1S/C14H21N7OS2/c1-2-3-8-23-11-7-5-4-6-10(11)17-12(22)9-24-14-20-19-13(18-15)21(14)16/h4-7H,2-3,8-9,15-16H2,1H3,(H,17,22)(H,18,19). The van der Waals surface area contributed by atoms with E-state index in [-0.39, 0.29) is 17.6 Å². The van der Waals surface area contributed by atoms with Crippen LogP contribution in [0.3, 0.4) is 0 Å². The van der Waals surface area contributed by atoms with E-state index < -0.39 is 0 Å². The van der Waals surface area contributed by atoms with Crippen molar-refractivity contribution in [2.45, 2.75) is 29.8 Å². The number of hydrogen-bond donors (Lipinski definition) is 4. The van der Waals surface area contributed by atoms with Crippen molar-refractivity contribution >= 4 is 41.1 Å². The van der Waals surface area contributed by atoms with Gasteiger partial charge in [-0.15, -0.1) is 22.0 Å². The molecule has 130 valence electrons. The highest BCUT2D eigenvalue weighted by Crippen LogP contribution is 2.28.